The Hall–Kier alpha value is -2.43. The average molecular weight is 305 g/mol. The molecule has 0 saturated heterocycles. The van der Waals surface area contributed by atoms with E-state index in [2.05, 4.69) is 10.1 Å². The quantitative estimate of drug-likeness (QED) is 0.887. The predicted octanol–water partition coefficient (Wildman–Crippen LogP) is 3.46. The third-order valence-electron chi connectivity index (χ3n) is 3.25. The lowest BCUT2D eigenvalue weighted by Crippen LogP contribution is -2.24. The summed E-state index contributed by atoms with van der Waals surface area (Å²) in [5, 5.41) is 2.84. The van der Waals surface area contributed by atoms with Gasteiger partial charge >= 0.3 is 6.61 Å². The van der Waals surface area contributed by atoms with Crippen molar-refractivity contribution in [3.05, 3.63) is 65.2 Å². The third kappa shape index (κ3) is 4.84. The van der Waals surface area contributed by atoms with E-state index in [0.29, 0.717) is 6.54 Å². The zero-order valence-electron chi connectivity index (χ0n) is 12.2. The van der Waals surface area contributed by atoms with Crippen molar-refractivity contribution < 1.29 is 18.3 Å². The van der Waals surface area contributed by atoms with E-state index in [1.807, 2.05) is 31.2 Å². The van der Waals surface area contributed by atoms with Crippen LogP contribution in [0.5, 0.6) is 5.75 Å². The summed E-state index contributed by atoms with van der Waals surface area (Å²) < 4.78 is 28.3. The number of nitrogens with one attached hydrogen (secondary N) is 1. The van der Waals surface area contributed by atoms with Gasteiger partial charge in [-0.15, -0.1) is 0 Å². The number of benzene rings is 2. The molecule has 116 valence electrons. The summed E-state index contributed by atoms with van der Waals surface area (Å²) >= 11 is 0. The van der Waals surface area contributed by atoms with Crippen LogP contribution < -0.4 is 10.1 Å². The number of halogens is 2. The molecule has 0 fully saturated rings. The highest BCUT2D eigenvalue weighted by Crippen LogP contribution is 2.15. The molecular weight excluding hydrogens is 288 g/mol. The van der Waals surface area contributed by atoms with Gasteiger partial charge in [0.25, 0.3) is 0 Å². The largest absolute Gasteiger partial charge is 0.435 e. The molecule has 2 aromatic rings. The highest BCUT2D eigenvalue weighted by Gasteiger charge is 2.07. The number of ether oxygens (including phenoxy) is 1. The van der Waals surface area contributed by atoms with Crippen molar-refractivity contribution in [1.82, 2.24) is 5.32 Å². The molecule has 0 unspecified atom stereocenters. The van der Waals surface area contributed by atoms with Crippen molar-refractivity contribution in [2.24, 2.45) is 0 Å². The maximum absolute atomic E-state index is 12.0. The fourth-order valence-corrected chi connectivity index (χ4v) is 2.04. The molecule has 1 amide bonds. The van der Waals surface area contributed by atoms with Crippen LogP contribution in [0.25, 0.3) is 0 Å². The van der Waals surface area contributed by atoms with Gasteiger partial charge < -0.3 is 10.1 Å². The first kappa shape index (κ1) is 15.9. The summed E-state index contributed by atoms with van der Waals surface area (Å²) in [7, 11) is 0. The molecule has 0 saturated carbocycles. The second-order valence-corrected chi connectivity index (χ2v) is 4.90. The molecule has 5 heteroatoms. The van der Waals surface area contributed by atoms with E-state index in [1.165, 1.54) is 12.1 Å². The van der Waals surface area contributed by atoms with Gasteiger partial charge in [-0.1, -0.05) is 36.4 Å². The highest BCUT2D eigenvalue weighted by molar-refractivity contribution is 5.78. The van der Waals surface area contributed by atoms with Crippen molar-refractivity contribution in [1.29, 1.82) is 0 Å². The summed E-state index contributed by atoms with van der Waals surface area (Å²) in [6.07, 6.45) is 0.195. The van der Waals surface area contributed by atoms with Crippen molar-refractivity contribution in [3.8, 4) is 5.75 Å². The number of carbonyl (C=O) groups is 1. The summed E-state index contributed by atoms with van der Waals surface area (Å²) in [5.41, 5.74) is 2.93. The molecule has 0 radical (unpaired) electrons. The van der Waals surface area contributed by atoms with E-state index in [9.17, 15) is 13.6 Å². The van der Waals surface area contributed by atoms with Gasteiger partial charge in [-0.25, -0.2) is 0 Å². The monoisotopic (exact) mass is 305 g/mol. The minimum Gasteiger partial charge on any atom is -0.435 e. The molecule has 3 nitrogen and oxygen atoms in total. The Labute approximate surface area is 127 Å². The fourth-order valence-electron chi connectivity index (χ4n) is 2.04. The molecule has 0 aromatic heterocycles. The summed E-state index contributed by atoms with van der Waals surface area (Å²) in [4.78, 5) is 11.9. The van der Waals surface area contributed by atoms with Gasteiger partial charge in [-0.05, 0) is 35.7 Å². The Kier molecular flexibility index (Phi) is 5.47. The van der Waals surface area contributed by atoms with Gasteiger partial charge in [0, 0.05) is 6.54 Å². The van der Waals surface area contributed by atoms with Crippen LogP contribution in [0, 0.1) is 6.92 Å². The first-order valence-corrected chi connectivity index (χ1v) is 6.89. The number of rotatable bonds is 6. The molecule has 0 aliphatic carbocycles. The highest BCUT2D eigenvalue weighted by atomic mass is 19.3. The number of amides is 1. The zero-order valence-corrected chi connectivity index (χ0v) is 12.2. The molecule has 2 rings (SSSR count). The van der Waals surface area contributed by atoms with Crippen molar-refractivity contribution >= 4 is 5.91 Å². The van der Waals surface area contributed by atoms with Gasteiger partial charge in [-0.3, -0.25) is 4.79 Å². The van der Waals surface area contributed by atoms with Crippen LogP contribution in [0.3, 0.4) is 0 Å². The Morgan fingerprint density at radius 3 is 2.45 bits per heavy atom. The van der Waals surface area contributed by atoms with Crippen LogP contribution in [0.4, 0.5) is 8.78 Å². The first-order chi connectivity index (χ1) is 10.5. The number of alkyl halides is 2. The maximum Gasteiger partial charge on any atom is 0.387 e. The number of hydrogen-bond acceptors (Lipinski definition) is 2. The summed E-state index contributed by atoms with van der Waals surface area (Å²) in [6.45, 7) is -0.385. The molecule has 2 aromatic carbocycles. The van der Waals surface area contributed by atoms with E-state index >= 15 is 0 Å². The summed E-state index contributed by atoms with van der Waals surface area (Å²) in [6, 6.07) is 13.9. The topological polar surface area (TPSA) is 38.3 Å². The Morgan fingerprint density at radius 1 is 1.14 bits per heavy atom. The lowest BCUT2D eigenvalue weighted by Gasteiger charge is -2.08. The third-order valence-corrected chi connectivity index (χ3v) is 3.25. The Bertz CT molecular complexity index is 627. The van der Waals surface area contributed by atoms with E-state index in [-0.39, 0.29) is 18.1 Å². The van der Waals surface area contributed by atoms with Crippen molar-refractivity contribution in [2.45, 2.75) is 26.5 Å². The molecule has 0 atom stereocenters. The van der Waals surface area contributed by atoms with Gasteiger partial charge in [-0.2, -0.15) is 8.78 Å². The minimum atomic E-state index is -2.84. The van der Waals surface area contributed by atoms with Crippen LogP contribution >= 0.6 is 0 Å². The SMILES string of the molecule is Cc1ccccc1CNC(=O)Cc1ccc(OC(F)F)cc1. The van der Waals surface area contributed by atoms with E-state index in [1.54, 1.807) is 12.1 Å². The van der Waals surface area contributed by atoms with Crippen LogP contribution in [0.2, 0.25) is 0 Å². The van der Waals surface area contributed by atoms with Crippen molar-refractivity contribution in [3.63, 3.8) is 0 Å². The van der Waals surface area contributed by atoms with Crippen molar-refractivity contribution in [2.75, 3.05) is 0 Å². The Morgan fingerprint density at radius 2 is 1.82 bits per heavy atom. The zero-order chi connectivity index (χ0) is 15.9. The second kappa shape index (κ2) is 7.54. The Balaban J connectivity index is 1.85. The lowest BCUT2D eigenvalue weighted by molar-refractivity contribution is -0.120. The molecule has 0 bridgehead atoms. The first-order valence-electron chi connectivity index (χ1n) is 6.89. The number of hydrogen-bond donors (Lipinski definition) is 1. The second-order valence-electron chi connectivity index (χ2n) is 4.90. The molecule has 0 heterocycles. The van der Waals surface area contributed by atoms with E-state index < -0.39 is 6.61 Å². The minimum absolute atomic E-state index is 0.0825. The molecular formula is C17H17F2NO2. The van der Waals surface area contributed by atoms with Crippen LogP contribution in [-0.2, 0) is 17.8 Å². The van der Waals surface area contributed by atoms with Gasteiger partial charge in [0.05, 0.1) is 6.42 Å². The van der Waals surface area contributed by atoms with Gasteiger partial charge in [0.1, 0.15) is 5.75 Å². The molecule has 22 heavy (non-hydrogen) atoms. The lowest BCUT2D eigenvalue weighted by atomic mass is 10.1. The van der Waals surface area contributed by atoms with Crippen LogP contribution in [0.15, 0.2) is 48.5 Å². The smallest absolute Gasteiger partial charge is 0.387 e. The maximum atomic E-state index is 12.0. The normalized spacial score (nSPS) is 10.5. The standard InChI is InChI=1S/C17H17F2NO2/c1-12-4-2-3-5-14(12)11-20-16(21)10-13-6-8-15(9-7-13)22-17(18)19/h2-9,17H,10-11H2,1H3,(H,20,21). The summed E-state index contributed by atoms with van der Waals surface area (Å²) in [5.74, 6) is -0.0372. The molecule has 0 aliphatic heterocycles. The van der Waals surface area contributed by atoms with Crippen LogP contribution in [-0.4, -0.2) is 12.5 Å². The molecule has 0 aliphatic rings. The molecule has 1 N–H and O–H groups in total. The van der Waals surface area contributed by atoms with Gasteiger partial charge in [0.2, 0.25) is 5.91 Å². The predicted molar refractivity (Wildman–Crippen MR) is 79.8 cm³/mol. The van der Waals surface area contributed by atoms with Crippen LogP contribution in [0.1, 0.15) is 16.7 Å². The number of carbonyl (C=O) groups excluding carboxylic acids is 1. The van der Waals surface area contributed by atoms with E-state index in [0.717, 1.165) is 16.7 Å². The van der Waals surface area contributed by atoms with E-state index in [4.69, 9.17) is 0 Å². The van der Waals surface area contributed by atoms with Gasteiger partial charge in [0.15, 0.2) is 0 Å². The average Bonchev–Trinajstić information content (AvgIpc) is 2.48. The fraction of sp³-hybridized carbons (Fsp3) is 0.235. The number of aryl methyl sites for hydroxylation is 1. The molecule has 0 spiro atoms.